The number of carbonyl (C=O) groups is 1. The normalized spacial score (nSPS) is 15.6. The highest BCUT2D eigenvalue weighted by Crippen LogP contribution is 2.36. The van der Waals surface area contributed by atoms with E-state index in [9.17, 15) is 18.0 Å². The van der Waals surface area contributed by atoms with Gasteiger partial charge >= 0.3 is 6.18 Å². The summed E-state index contributed by atoms with van der Waals surface area (Å²) in [5.74, 6) is 1.01. The number of halogens is 3. The molecule has 0 spiro atoms. The Morgan fingerprint density at radius 3 is 2.50 bits per heavy atom. The molecule has 1 aliphatic heterocycles. The average molecular weight is 466 g/mol. The molecule has 1 N–H and O–H groups in total. The number of rotatable bonds is 4. The molecule has 0 radical (unpaired) electrons. The second-order valence-electron chi connectivity index (χ2n) is 7.58. The first-order chi connectivity index (χ1) is 16.4. The topological polar surface area (TPSA) is 73.1 Å². The minimum absolute atomic E-state index is 0.0210. The molecule has 0 fully saturated rings. The molecular weight excluding hydrogens is 449 g/mol. The van der Waals surface area contributed by atoms with E-state index >= 15 is 0 Å². The predicted octanol–water partition coefficient (Wildman–Crippen LogP) is 5.41. The molecule has 0 saturated carbocycles. The van der Waals surface area contributed by atoms with Crippen molar-refractivity contribution in [2.75, 3.05) is 6.61 Å². The lowest BCUT2D eigenvalue weighted by Gasteiger charge is -2.25. The summed E-state index contributed by atoms with van der Waals surface area (Å²) in [5.41, 5.74) is 1.87. The first-order valence-corrected chi connectivity index (χ1v) is 10.3. The van der Waals surface area contributed by atoms with E-state index < -0.39 is 23.8 Å². The van der Waals surface area contributed by atoms with Crippen molar-refractivity contribution < 1.29 is 31.9 Å². The van der Waals surface area contributed by atoms with Gasteiger partial charge in [0.2, 0.25) is 6.10 Å². The third-order valence-electron chi connectivity index (χ3n) is 5.23. The minimum Gasteiger partial charge on any atom is -0.485 e. The highest BCUT2D eigenvalue weighted by atomic mass is 19.4. The first-order valence-electron chi connectivity index (χ1n) is 10.3. The molecular formula is C25H17F3N2O4. The lowest BCUT2D eigenvalue weighted by atomic mass is 10.1. The van der Waals surface area contributed by atoms with Crippen LogP contribution in [0.3, 0.4) is 0 Å². The fraction of sp³-hybridized carbons (Fsp3) is 0.120. The quantitative estimate of drug-likeness (QED) is 0.323. The lowest BCUT2D eigenvalue weighted by Crippen LogP contribution is -2.42. The zero-order chi connectivity index (χ0) is 23.7. The molecule has 1 amide bonds. The van der Waals surface area contributed by atoms with E-state index in [4.69, 9.17) is 13.9 Å². The fourth-order valence-corrected chi connectivity index (χ4v) is 3.54. The van der Waals surface area contributed by atoms with E-state index in [0.717, 1.165) is 22.9 Å². The van der Waals surface area contributed by atoms with E-state index in [1.807, 2.05) is 36.4 Å². The lowest BCUT2D eigenvalue weighted by molar-refractivity contribution is -0.137. The van der Waals surface area contributed by atoms with Crippen LogP contribution in [0.1, 0.15) is 11.3 Å². The van der Waals surface area contributed by atoms with Crippen molar-refractivity contribution in [1.82, 2.24) is 5.43 Å². The van der Waals surface area contributed by atoms with E-state index in [1.165, 1.54) is 30.5 Å². The molecule has 172 valence electrons. The van der Waals surface area contributed by atoms with Gasteiger partial charge in [0.1, 0.15) is 18.1 Å². The van der Waals surface area contributed by atoms with Crippen LogP contribution in [0.15, 0.2) is 82.3 Å². The van der Waals surface area contributed by atoms with Gasteiger partial charge in [-0.05, 0) is 47.2 Å². The molecule has 6 nitrogen and oxygen atoms in total. The number of benzene rings is 3. The average Bonchev–Trinajstić information content (AvgIpc) is 3.31. The molecule has 1 aliphatic rings. The van der Waals surface area contributed by atoms with Crippen molar-refractivity contribution in [3.63, 3.8) is 0 Å². The highest BCUT2D eigenvalue weighted by Gasteiger charge is 2.31. The molecule has 1 aromatic heterocycles. The molecule has 0 saturated heterocycles. The van der Waals surface area contributed by atoms with Crippen LogP contribution < -0.4 is 14.9 Å². The Morgan fingerprint density at radius 1 is 0.971 bits per heavy atom. The Labute approximate surface area is 191 Å². The van der Waals surface area contributed by atoms with Crippen LogP contribution in [0.25, 0.3) is 22.1 Å². The number of carbonyl (C=O) groups excluding carboxylic acids is 1. The van der Waals surface area contributed by atoms with Gasteiger partial charge in [0, 0.05) is 5.56 Å². The molecule has 9 heteroatoms. The molecule has 0 bridgehead atoms. The molecule has 1 atom stereocenters. The Kier molecular flexibility index (Phi) is 5.45. The number of amides is 1. The summed E-state index contributed by atoms with van der Waals surface area (Å²) in [6.07, 6.45) is -4.10. The van der Waals surface area contributed by atoms with Crippen LogP contribution in [0.5, 0.6) is 11.5 Å². The number of furan rings is 1. The minimum atomic E-state index is -4.45. The van der Waals surface area contributed by atoms with Crippen molar-refractivity contribution in [2.24, 2.45) is 5.10 Å². The SMILES string of the molecule is O=C(NN=Cc1ccc(-c2cccc(C(F)(F)F)c2)o1)[C@H]1COc2cc3ccccc3cc2O1. The molecule has 0 aliphatic carbocycles. The highest BCUT2D eigenvalue weighted by molar-refractivity contribution is 5.87. The van der Waals surface area contributed by atoms with Crippen molar-refractivity contribution in [1.29, 1.82) is 0 Å². The van der Waals surface area contributed by atoms with Gasteiger partial charge in [-0.2, -0.15) is 18.3 Å². The van der Waals surface area contributed by atoms with Gasteiger partial charge < -0.3 is 13.9 Å². The smallest absolute Gasteiger partial charge is 0.416 e. The van der Waals surface area contributed by atoms with E-state index in [2.05, 4.69) is 10.5 Å². The third kappa shape index (κ3) is 4.45. The number of nitrogens with zero attached hydrogens (tertiary/aromatic N) is 1. The van der Waals surface area contributed by atoms with E-state index in [-0.39, 0.29) is 23.7 Å². The number of hydrazone groups is 1. The van der Waals surface area contributed by atoms with Crippen molar-refractivity contribution >= 4 is 22.9 Å². The van der Waals surface area contributed by atoms with Crippen molar-refractivity contribution in [3.05, 3.63) is 84.1 Å². The van der Waals surface area contributed by atoms with Crippen LogP contribution in [0.4, 0.5) is 13.2 Å². The van der Waals surface area contributed by atoms with Crippen molar-refractivity contribution in [2.45, 2.75) is 12.3 Å². The molecule has 4 aromatic rings. The summed E-state index contributed by atoms with van der Waals surface area (Å²) in [4.78, 5) is 12.5. The Morgan fingerprint density at radius 2 is 1.74 bits per heavy atom. The van der Waals surface area contributed by atoms with Gasteiger partial charge in [-0.15, -0.1) is 0 Å². The zero-order valence-electron chi connectivity index (χ0n) is 17.5. The second kappa shape index (κ2) is 8.58. The number of alkyl halides is 3. The van der Waals surface area contributed by atoms with Gasteiger partial charge in [-0.25, -0.2) is 5.43 Å². The van der Waals surface area contributed by atoms with Crippen LogP contribution in [-0.2, 0) is 11.0 Å². The van der Waals surface area contributed by atoms with Crippen LogP contribution in [0.2, 0.25) is 0 Å². The maximum Gasteiger partial charge on any atom is 0.416 e. The number of fused-ring (bicyclic) bond motifs is 2. The summed E-state index contributed by atoms with van der Waals surface area (Å²) >= 11 is 0. The Balaban J connectivity index is 1.23. The molecule has 2 heterocycles. The van der Waals surface area contributed by atoms with Crippen LogP contribution in [-0.4, -0.2) is 24.8 Å². The summed E-state index contributed by atoms with van der Waals surface area (Å²) in [6.45, 7) is 0.0210. The number of hydrogen-bond acceptors (Lipinski definition) is 5. The summed E-state index contributed by atoms with van der Waals surface area (Å²) < 4.78 is 55.8. The second-order valence-corrected chi connectivity index (χ2v) is 7.58. The van der Waals surface area contributed by atoms with Gasteiger partial charge in [-0.3, -0.25) is 4.79 Å². The van der Waals surface area contributed by atoms with Gasteiger partial charge in [0.15, 0.2) is 11.5 Å². The fourth-order valence-electron chi connectivity index (χ4n) is 3.54. The summed E-state index contributed by atoms with van der Waals surface area (Å²) in [5, 5.41) is 5.81. The van der Waals surface area contributed by atoms with Crippen LogP contribution >= 0.6 is 0 Å². The molecule has 0 unspecified atom stereocenters. The largest absolute Gasteiger partial charge is 0.485 e. The summed E-state index contributed by atoms with van der Waals surface area (Å²) in [7, 11) is 0. The molecule has 34 heavy (non-hydrogen) atoms. The monoisotopic (exact) mass is 466 g/mol. The maximum absolute atomic E-state index is 12.9. The Bertz CT molecular complexity index is 1390. The zero-order valence-corrected chi connectivity index (χ0v) is 17.5. The van der Waals surface area contributed by atoms with E-state index in [0.29, 0.717) is 11.5 Å². The molecule has 3 aromatic carbocycles. The van der Waals surface area contributed by atoms with Gasteiger partial charge in [0.25, 0.3) is 5.91 Å². The Hall–Kier alpha value is -4.27. The summed E-state index contributed by atoms with van der Waals surface area (Å²) in [6, 6.07) is 19.3. The van der Waals surface area contributed by atoms with Crippen LogP contribution in [0, 0.1) is 0 Å². The number of ether oxygens (including phenoxy) is 2. The molecule has 5 rings (SSSR count). The predicted molar refractivity (Wildman–Crippen MR) is 119 cm³/mol. The van der Waals surface area contributed by atoms with Gasteiger partial charge in [-0.1, -0.05) is 36.4 Å². The standard InChI is InChI=1S/C25H17F3N2O4/c26-25(27,28)18-7-3-6-17(10-18)20-9-8-19(33-20)13-29-30-24(31)23-14-32-21-11-15-4-1-2-5-16(15)12-22(21)34-23/h1-13,23H,14H2,(H,30,31)/t23-/m1/s1. The van der Waals surface area contributed by atoms with Crippen molar-refractivity contribution in [3.8, 4) is 22.8 Å². The van der Waals surface area contributed by atoms with E-state index in [1.54, 1.807) is 0 Å². The third-order valence-corrected chi connectivity index (χ3v) is 5.23. The van der Waals surface area contributed by atoms with Gasteiger partial charge in [0.05, 0.1) is 11.8 Å². The number of hydrogen-bond donors (Lipinski definition) is 1. The first kappa shape index (κ1) is 21.6. The maximum atomic E-state index is 12.9. The number of nitrogens with one attached hydrogen (secondary N) is 1.